The molecule has 3 heteroatoms. The Morgan fingerprint density at radius 3 is 2.81 bits per heavy atom. The Kier molecular flexibility index (Phi) is 4.53. The maximum absolute atomic E-state index is 10.0. The second-order valence-corrected chi connectivity index (χ2v) is 5.36. The molecule has 21 heavy (non-hydrogen) atoms. The Morgan fingerprint density at radius 1 is 1.10 bits per heavy atom. The minimum atomic E-state index is -0.359. The Morgan fingerprint density at radius 2 is 1.95 bits per heavy atom. The average Bonchev–Trinajstić information content (AvgIpc) is 2.53. The molecular weight excluding hydrogens is 264 g/mol. The van der Waals surface area contributed by atoms with Crippen LogP contribution in [0, 0.1) is 0 Å². The quantitative estimate of drug-likeness (QED) is 0.673. The Balaban J connectivity index is 1.53. The SMILES string of the molecule is OC1CCCc2ccc(OCOCc3ccccc3)cc21. The molecule has 1 aliphatic rings. The van der Waals surface area contributed by atoms with Crippen LogP contribution < -0.4 is 4.74 Å². The summed E-state index contributed by atoms with van der Waals surface area (Å²) in [4.78, 5) is 0. The minimum Gasteiger partial charge on any atom is -0.468 e. The minimum absolute atomic E-state index is 0.212. The highest BCUT2D eigenvalue weighted by atomic mass is 16.7. The molecule has 0 aromatic heterocycles. The van der Waals surface area contributed by atoms with Gasteiger partial charge in [0.2, 0.25) is 0 Å². The van der Waals surface area contributed by atoms with Crippen molar-refractivity contribution in [2.45, 2.75) is 32.0 Å². The molecule has 2 aromatic carbocycles. The molecule has 0 saturated carbocycles. The molecule has 1 unspecified atom stereocenters. The molecule has 0 fully saturated rings. The molecule has 0 aliphatic heterocycles. The molecular formula is C18H20O3. The third-order valence-electron chi connectivity index (χ3n) is 3.82. The lowest BCUT2D eigenvalue weighted by Gasteiger charge is -2.21. The van der Waals surface area contributed by atoms with E-state index in [0.717, 1.165) is 36.1 Å². The number of aliphatic hydroxyl groups excluding tert-OH is 1. The van der Waals surface area contributed by atoms with E-state index in [2.05, 4.69) is 0 Å². The molecule has 0 bridgehead atoms. The first-order valence-electron chi connectivity index (χ1n) is 7.38. The highest BCUT2D eigenvalue weighted by Gasteiger charge is 2.18. The zero-order valence-electron chi connectivity index (χ0n) is 12.0. The van der Waals surface area contributed by atoms with Crippen LogP contribution in [0.1, 0.15) is 35.6 Å². The molecule has 1 aliphatic carbocycles. The lowest BCUT2D eigenvalue weighted by molar-refractivity contribution is 0.00484. The van der Waals surface area contributed by atoms with Gasteiger partial charge in [-0.05, 0) is 48.1 Å². The van der Waals surface area contributed by atoms with Crippen molar-refractivity contribution in [3.63, 3.8) is 0 Å². The summed E-state index contributed by atoms with van der Waals surface area (Å²) in [6, 6.07) is 15.9. The van der Waals surface area contributed by atoms with Crippen LogP contribution in [0.3, 0.4) is 0 Å². The van der Waals surface area contributed by atoms with Gasteiger partial charge in [0.1, 0.15) is 5.75 Å². The van der Waals surface area contributed by atoms with Crippen LogP contribution in [0.4, 0.5) is 0 Å². The number of hydrogen-bond donors (Lipinski definition) is 1. The van der Waals surface area contributed by atoms with Gasteiger partial charge in [-0.2, -0.15) is 0 Å². The van der Waals surface area contributed by atoms with Crippen molar-refractivity contribution in [1.82, 2.24) is 0 Å². The van der Waals surface area contributed by atoms with Crippen LogP contribution in [0.25, 0.3) is 0 Å². The molecule has 0 saturated heterocycles. The normalized spacial score (nSPS) is 17.3. The van der Waals surface area contributed by atoms with Crippen LogP contribution in [0.5, 0.6) is 5.75 Å². The molecule has 0 spiro atoms. The first-order valence-corrected chi connectivity index (χ1v) is 7.38. The van der Waals surface area contributed by atoms with Crippen LogP contribution in [-0.2, 0) is 17.8 Å². The summed E-state index contributed by atoms with van der Waals surface area (Å²) in [6.07, 6.45) is 2.56. The van der Waals surface area contributed by atoms with Gasteiger partial charge in [0, 0.05) is 0 Å². The van der Waals surface area contributed by atoms with Crippen LogP contribution in [0.2, 0.25) is 0 Å². The summed E-state index contributed by atoms with van der Waals surface area (Å²) in [5.74, 6) is 0.753. The number of aliphatic hydroxyl groups is 1. The van der Waals surface area contributed by atoms with Crippen molar-refractivity contribution in [2.24, 2.45) is 0 Å². The first-order chi connectivity index (χ1) is 10.3. The number of fused-ring (bicyclic) bond motifs is 1. The van der Waals surface area contributed by atoms with Gasteiger partial charge in [-0.1, -0.05) is 36.4 Å². The van der Waals surface area contributed by atoms with Crippen LogP contribution >= 0.6 is 0 Å². The zero-order valence-corrected chi connectivity index (χ0v) is 12.0. The Bertz CT molecular complexity index is 580. The van der Waals surface area contributed by atoms with Crippen LogP contribution in [0.15, 0.2) is 48.5 Å². The maximum atomic E-state index is 10.0. The van der Waals surface area contributed by atoms with Gasteiger partial charge in [-0.3, -0.25) is 0 Å². The molecule has 3 nitrogen and oxygen atoms in total. The predicted molar refractivity (Wildman–Crippen MR) is 81.1 cm³/mol. The van der Waals surface area contributed by atoms with Crippen molar-refractivity contribution in [3.05, 3.63) is 65.2 Å². The van der Waals surface area contributed by atoms with E-state index in [4.69, 9.17) is 9.47 Å². The van der Waals surface area contributed by atoms with Gasteiger partial charge < -0.3 is 14.6 Å². The van der Waals surface area contributed by atoms with Crippen molar-refractivity contribution < 1.29 is 14.6 Å². The average molecular weight is 284 g/mol. The molecule has 1 N–H and O–H groups in total. The first kappa shape index (κ1) is 14.1. The van der Waals surface area contributed by atoms with Crippen molar-refractivity contribution in [2.75, 3.05) is 6.79 Å². The van der Waals surface area contributed by atoms with Gasteiger partial charge in [-0.25, -0.2) is 0 Å². The summed E-state index contributed by atoms with van der Waals surface area (Å²) in [6.45, 7) is 0.748. The van der Waals surface area contributed by atoms with Gasteiger partial charge in [0.15, 0.2) is 6.79 Å². The van der Waals surface area contributed by atoms with E-state index in [1.807, 2.05) is 48.5 Å². The van der Waals surface area contributed by atoms with Gasteiger partial charge in [-0.15, -0.1) is 0 Å². The van der Waals surface area contributed by atoms with Crippen molar-refractivity contribution >= 4 is 0 Å². The van der Waals surface area contributed by atoms with E-state index in [1.165, 1.54) is 5.56 Å². The van der Waals surface area contributed by atoms with E-state index in [9.17, 15) is 5.11 Å². The lowest BCUT2D eigenvalue weighted by atomic mass is 9.89. The molecule has 110 valence electrons. The number of aryl methyl sites for hydroxylation is 1. The monoisotopic (exact) mass is 284 g/mol. The van der Waals surface area contributed by atoms with Crippen LogP contribution in [-0.4, -0.2) is 11.9 Å². The third kappa shape index (κ3) is 3.63. The fourth-order valence-electron chi connectivity index (χ4n) is 2.69. The largest absolute Gasteiger partial charge is 0.468 e. The summed E-state index contributed by atoms with van der Waals surface area (Å²) < 4.78 is 11.1. The number of benzene rings is 2. The van der Waals surface area contributed by atoms with E-state index in [-0.39, 0.29) is 12.9 Å². The molecule has 0 amide bonds. The topological polar surface area (TPSA) is 38.7 Å². The number of hydrogen-bond acceptors (Lipinski definition) is 3. The third-order valence-corrected chi connectivity index (χ3v) is 3.82. The fraction of sp³-hybridized carbons (Fsp3) is 0.333. The molecule has 3 rings (SSSR count). The van der Waals surface area contributed by atoms with Gasteiger partial charge in [0.25, 0.3) is 0 Å². The van der Waals surface area contributed by atoms with E-state index in [0.29, 0.717) is 6.61 Å². The predicted octanol–water partition coefficient (Wildman–Crippen LogP) is 3.61. The van der Waals surface area contributed by atoms with Gasteiger partial charge in [0.05, 0.1) is 12.7 Å². The standard InChI is InChI=1S/C18H20O3/c19-18-8-4-7-15-9-10-16(11-17(15)18)21-13-20-12-14-5-2-1-3-6-14/h1-3,5-6,9-11,18-19H,4,7-8,12-13H2. The number of ether oxygens (including phenoxy) is 2. The fourth-order valence-corrected chi connectivity index (χ4v) is 2.69. The summed E-state index contributed by atoms with van der Waals surface area (Å²) in [5.41, 5.74) is 3.36. The molecule has 0 heterocycles. The smallest absolute Gasteiger partial charge is 0.189 e. The van der Waals surface area contributed by atoms with Crippen molar-refractivity contribution in [1.29, 1.82) is 0 Å². The van der Waals surface area contributed by atoms with Crippen molar-refractivity contribution in [3.8, 4) is 5.75 Å². The Labute approximate surface area is 125 Å². The zero-order chi connectivity index (χ0) is 14.5. The van der Waals surface area contributed by atoms with E-state index in [1.54, 1.807) is 0 Å². The van der Waals surface area contributed by atoms with E-state index >= 15 is 0 Å². The summed E-state index contributed by atoms with van der Waals surface area (Å²) >= 11 is 0. The summed E-state index contributed by atoms with van der Waals surface area (Å²) in [7, 11) is 0. The second kappa shape index (κ2) is 6.74. The second-order valence-electron chi connectivity index (χ2n) is 5.36. The number of rotatable bonds is 5. The highest BCUT2D eigenvalue weighted by molar-refractivity contribution is 5.38. The lowest BCUT2D eigenvalue weighted by Crippen LogP contribution is -2.10. The van der Waals surface area contributed by atoms with E-state index < -0.39 is 0 Å². The molecule has 2 aromatic rings. The maximum Gasteiger partial charge on any atom is 0.189 e. The highest BCUT2D eigenvalue weighted by Crippen LogP contribution is 2.32. The summed E-state index contributed by atoms with van der Waals surface area (Å²) in [5, 5.41) is 10.0. The molecule has 0 radical (unpaired) electrons. The molecule has 1 atom stereocenters. The Hall–Kier alpha value is -1.84. The van der Waals surface area contributed by atoms with Gasteiger partial charge >= 0.3 is 0 Å².